The fourth-order valence-electron chi connectivity index (χ4n) is 2.21. The first-order chi connectivity index (χ1) is 11.8. The normalized spacial score (nSPS) is 12.5. The minimum Gasteiger partial charge on any atom is -0.461 e. The van der Waals surface area contributed by atoms with Gasteiger partial charge in [-0.1, -0.05) is 43.3 Å². The summed E-state index contributed by atoms with van der Waals surface area (Å²) in [5.74, 6) is -0.890. The molecule has 3 nitrogen and oxygen atoms in total. The largest absolute Gasteiger partial charge is 0.461 e. The highest BCUT2D eigenvalue weighted by Gasteiger charge is 2.30. The van der Waals surface area contributed by atoms with Crippen molar-refractivity contribution in [2.24, 2.45) is 5.92 Å². The van der Waals surface area contributed by atoms with Gasteiger partial charge in [-0.25, -0.2) is 0 Å². The van der Waals surface area contributed by atoms with E-state index in [-0.39, 0.29) is 13.2 Å². The number of rotatable bonds is 6. The second-order valence-corrected chi connectivity index (χ2v) is 5.90. The lowest BCUT2D eigenvalue weighted by Gasteiger charge is -2.16. The predicted octanol–water partition coefficient (Wildman–Crippen LogP) is 4.81. The first kappa shape index (κ1) is 18.8. The third kappa shape index (κ3) is 5.52. The number of hydrogen-bond acceptors (Lipinski definition) is 3. The number of nitrogens with one attached hydrogen (secondary N) is 1. The van der Waals surface area contributed by atoms with Crippen molar-refractivity contribution in [2.45, 2.75) is 26.6 Å². The Balaban J connectivity index is 1.90. The van der Waals surface area contributed by atoms with E-state index >= 15 is 0 Å². The molecule has 1 atom stereocenters. The molecule has 0 amide bonds. The molecule has 0 aliphatic rings. The van der Waals surface area contributed by atoms with Crippen molar-refractivity contribution in [1.29, 1.82) is 0 Å². The lowest BCUT2D eigenvalue weighted by molar-refractivity contribution is -0.148. The van der Waals surface area contributed by atoms with Crippen LogP contribution in [0.5, 0.6) is 0 Å². The zero-order valence-electron chi connectivity index (χ0n) is 14.1. The maximum absolute atomic E-state index is 12.8. The van der Waals surface area contributed by atoms with Gasteiger partial charge in [0, 0.05) is 12.2 Å². The monoisotopic (exact) mass is 351 g/mol. The fourth-order valence-corrected chi connectivity index (χ4v) is 2.21. The molecule has 1 unspecified atom stereocenters. The highest BCUT2D eigenvalue weighted by molar-refractivity contribution is 5.73. The summed E-state index contributed by atoms with van der Waals surface area (Å²) in [5.41, 5.74) is 1.19. The molecule has 0 saturated carbocycles. The van der Waals surface area contributed by atoms with Gasteiger partial charge >= 0.3 is 12.1 Å². The van der Waals surface area contributed by atoms with Crippen LogP contribution < -0.4 is 5.32 Å². The van der Waals surface area contributed by atoms with E-state index in [0.717, 1.165) is 17.7 Å². The number of anilines is 1. The van der Waals surface area contributed by atoms with Crippen LogP contribution in [0.4, 0.5) is 18.9 Å². The van der Waals surface area contributed by atoms with Crippen LogP contribution in [0.15, 0.2) is 48.5 Å². The lowest BCUT2D eigenvalue weighted by Crippen LogP contribution is -2.23. The summed E-state index contributed by atoms with van der Waals surface area (Å²) < 4.78 is 43.6. The van der Waals surface area contributed by atoms with Crippen LogP contribution in [0.1, 0.15) is 23.6 Å². The average molecular weight is 351 g/mol. The molecule has 6 heteroatoms. The molecule has 0 bridgehead atoms. The van der Waals surface area contributed by atoms with E-state index < -0.39 is 23.6 Å². The lowest BCUT2D eigenvalue weighted by atomic mass is 10.1. The Morgan fingerprint density at radius 1 is 1.16 bits per heavy atom. The molecule has 0 saturated heterocycles. The van der Waals surface area contributed by atoms with Gasteiger partial charge in [0.05, 0.1) is 11.5 Å². The van der Waals surface area contributed by atoms with Crippen molar-refractivity contribution in [3.63, 3.8) is 0 Å². The molecule has 0 aliphatic carbocycles. The van der Waals surface area contributed by atoms with Gasteiger partial charge in [-0.05, 0) is 30.2 Å². The number of hydrogen-bond donors (Lipinski definition) is 1. The van der Waals surface area contributed by atoms with Gasteiger partial charge < -0.3 is 10.1 Å². The van der Waals surface area contributed by atoms with Crippen molar-refractivity contribution < 1.29 is 22.7 Å². The van der Waals surface area contributed by atoms with E-state index in [1.54, 1.807) is 13.8 Å². The fraction of sp³-hybridized carbons (Fsp3) is 0.316. The molecule has 0 aliphatic heterocycles. The maximum atomic E-state index is 12.8. The highest BCUT2D eigenvalue weighted by Crippen LogP contribution is 2.32. The number of carbonyl (C=O) groups excluding carboxylic acids is 1. The Hall–Kier alpha value is -2.50. The van der Waals surface area contributed by atoms with Gasteiger partial charge in [-0.3, -0.25) is 4.79 Å². The Morgan fingerprint density at radius 2 is 1.84 bits per heavy atom. The second-order valence-electron chi connectivity index (χ2n) is 5.90. The number of aryl methyl sites for hydroxylation is 1. The summed E-state index contributed by atoms with van der Waals surface area (Å²) in [6.45, 7) is 3.74. The number of esters is 1. The van der Waals surface area contributed by atoms with Crippen molar-refractivity contribution in [1.82, 2.24) is 0 Å². The van der Waals surface area contributed by atoms with E-state index in [0.29, 0.717) is 11.3 Å². The molecule has 134 valence electrons. The van der Waals surface area contributed by atoms with Crippen LogP contribution in [-0.4, -0.2) is 12.5 Å². The number of carbonyl (C=O) groups is 1. The summed E-state index contributed by atoms with van der Waals surface area (Å²) in [6.07, 6.45) is -4.40. The SMILES string of the molecule is Cc1ccc(C(F)(F)F)cc1NCC(C)C(=O)OCc1ccccc1. The van der Waals surface area contributed by atoms with Crippen LogP contribution in [0.2, 0.25) is 0 Å². The van der Waals surface area contributed by atoms with Crippen LogP contribution in [0.25, 0.3) is 0 Å². The summed E-state index contributed by atoms with van der Waals surface area (Å²) in [7, 11) is 0. The Labute approximate surface area is 144 Å². The van der Waals surface area contributed by atoms with Crippen LogP contribution in [0.3, 0.4) is 0 Å². The van der Waals surface area contributed by atoms with Gasteiger partial charge in [0.2, 0.25) is 0 Å². The third-order valence-electron chi connectivity index (χ3n) is 3.79. The molecule has 0 spiro atoms. The van der Waals surface area contributed by atoms with Crippen LogP contribution >= 0.6 is 0 Å². The molecule has 25 heavy (non-hydrogen) atoms. The zero-order chi connectivity index (χ0) is 18.4. The Morgan fingerprint density at radius 3 is 2.48 bits per heavy atom. The molecular weight excluding hydrogens is 331 g/mol. The molecule has 1 N–H and O–H groups in total. The molecule has 2 aromatic carbocycles. The van der Waals surface area contributed by atoms with E-state index in [2.05, 4.69) is 5.32 Å². The van der Waals surface area contributed by atoms with E-state index in [1.165, 1.54) is 6.07 Å². The minimum absolute atomic E-state index is 0.173. The predicted molar refractivity (Wildman–Crippen MR) is 90.1 cm³/mol. The number of ether oxygens (including phenoxy) is 1. The second kappa shape index (κ2) is 8.05. The highest BCUT2D eigenvalue weighted by atomic mass is 19.4. The van der Waals surface area contributed by atoms with Gasteiger partial charge in [0.25, 0.3) is 0 Å². The molecule has 0 fully saturated rings. The molecule has 0 aromatic heterocycles. The van der Waals surface area contributed by atoms with E-state index in [1.807, 2.05) is 30.3 Å². The number of benzene rings is 2. The van der Waals surface area contributed by atoms with Crippen molar-refractivity contribution in [2.75, 3.05) is 11.9 Å². The number of alkyl halides is 3. The smallest absolute Gasteiger partial charge is 0.416 e. The van der Waals surface area contributed by atoms with Gasteiger partial charge in [-0.15, -0.1) is 0 Å². The van der Waals surface area contributed by atoms with Gasteiger partial charge in [-0.2, -0.15) is 13.2 Å². The Bertz CT molecular complexity index is 714. The third-order valence-corrected chi connectivity index (χ3v) is 3.79. The molecule has 2 rings (SSSR count). The minimum atomic E-state index is -4.40. The number of halogens is 3. The van der Waals surface area contributed by atoms with Gasteiger partial charge in [0.1, 0.15) is 6.61 Å². The molecule has 0 radical (unpaired) electrons. The van der Waals surface area contributed by atoms with Crippen molar-refractivity contribution in [3.8, 4) is 0 Å². The summed E-state index contributed by atoms with van der Waals surface area (Å²) in [6, 6.07) is 12.8. The Kier molecular flexibility index (Phi) is 6.07. The van der Waals surface area contributed by atoms with Gasteiger partial charge in [0.15, 0.2) is 0 Å². The average Bonchev–Trinajstić information content (AvgIpc) is 2.58. The summed E-state index contributed by atoms with van der Waals surface area (Å²) in [4.78, 5) is 12.0. The summed E-state index contributed by atoms with van der Waals surface area (Å²) >= 11 is 0. The van der Waals surface area contributed by atoms with Crippen LogP contribution in [-0.2, 0) is 22.3 Å². The molecular formula is C19H20F3NO2. The van der Waals surface area contributed by atoms with E-state index in [9.17, 15) is 18.0 Å². The quantitative estimate of drug-likeness (QED) is 0.760. The zero-order valence-corrected chi connectivity index (χ0v) is 14.1. The topological polar surface area (TPSA) is 38.3 Å². The van der Waals surface area contributed by atoms with Crippen molar-refractivity contribution in [3.05, 3.63) is 65.2 Å². The first-order valence-corrected chi connectivity index (χ1v) is 7.89. The molecule has 0 heterocycles. The summed E-state index contributed by atoms with van der Waals surface area (Å²) in [5, 5.41) is 2.90. The maximum Gasteiger partial charge on any atom is 0.416 e. The van der Waals surface area contributed by atoms with Crippen molar-refractivity contribution >= 4 is 11.7 Å². The van der Waals surface area contributed by atoms with E-state index in [4.69, 9.17) is 4.74 Å². The standard InChI is InChI=1S/C19H20F3NO2/c1-13-8-9-16(19(20,21)22)10-17(13)23-11-14(2)18(24)25-12-15-6-4-3-5-7-15/h3-10,14,23H,11-12H2,1-2H3. The molecule has 2 aromatic rings. The van der Waals surface area contributed by atoms with Crippen LogP contribution in [0, 0.1) is 12.8 Å². The first-order valence-electron chi connectivity index (χ1n) is 7.89.